The molecule has 0 aliphatic carbocycles. The fourth-order valence-corrected chi connectivity index (χ4v) is 2.89. The molecule has 0 spiro atoms. The molecule has 1 atom stereocenters. The van der Waals surface area contributed by atoms with E-state index in [0.29, 0.717) is 18.5 Å². The van der Waals surface area contributed by atoms with Gasteiger partial charge in [0.25, 0.3) is 5.91 Å². The summed E-state index contributed by atoms with van der Waals surface area (Å²) < 4.78 is 0. The maximum Gasteiger partial charge on any atom is 0.255 e. The van der Waals surface area contributed by atoms with Crippen molar-refractivity contribution in [2.45, 2.75) is 45.2 Å². The van der Waals surface area contributed by atoms with E-state index in [1.165, 1.54) is 5.56 Å². The summed E-state index contributed by atoms with van der Waals surface area (Å²) in [4.78, 5) is 36.8. The van der Waals surface area contributed by atoms with Crippen molar-refractivity contribution in [2.24, 2.45) is 0 Å². The molecule has 1 unspecified atom stereocenters. The Labute approximate surface area is 130 Å². The molecule has 1 aliphatic heterocycles. The normalized spacial score (nSPS) is 14.6. The summed E-state index contributed by atoms with van der Waals surface area (Å²) in [6.45, 7) is 2.56. The number of benzene rings is 1. The Kier molecular flexibility index (Phi) is 5.31. The van der Waals surface area contributed by atoms with Crippen LogP contribution < -0.4 is 5.32 Å². The van der Waals surface area contributed by atoms with E-state index in [-0.39, 0.29) is 18.2 Å². The van der Waals surface area contributed by atoms with E-state index < -0.39 is 6.04 Å². The lowest BCUT2D eigenvalue weighted by Gasteiger charge is -2.22. The minimum atomic E-state index is -0.549. The number of aldehydes is 1. The highest BCUT2D eigenvalue weighted by atomic mass is 16.2. The van der Waals surface area contributed by atoms with Crippen LogP contribution in [0.1, 0.15) is 47.7 Å². The first-order chi connectivity index (χ1) is 10.6. The SMILES string of the molecule is CCCc1cccc2c1CN(C(C=O)CCC(=O)NC)C2=O. The zero-order valence-electron chi connectivity index (χ0n) is 13.1. The zero-order chi connectivity index (χ0) is 16.1. The Morgan fingerprint density at radius 2 is 2.23 bits per heavy atom. The first-order valence-corrected chi connectivity index (χ1v) is 7.70. The number of nitrogens with zero attached hydrogens (tertiary/aromatic N) is 1. The van der Waals surface area contributed by atoms with Gasteiger partial charge in [-0.15, -0.1) is 0 Å². The largest absolute Gasteiger partial charge is 0.359 e. The highest BCUT2D eigenvalue weighted by Crippen LogP contribution is 2.29. The summed E-state index contributed by atoms with van der Waals surface area (Å²) >= 11 is 0. The van der Waals surface area contributed by atoms with Gasteiger partial charge < -0.3 is 15.0 Å². The number of carbonyl (C=O) groups excluding carboxylic acids is 3. The maximum atomic E-state index is 12.5. The smallest absolute Gasteiger partial charge is 0.255 e. The maximum absolute atomic E-state index is 12.5. The fourth-order valence-electron chi connectivity index (χ4n) is 2.89. The second-order valence-corrected chi connectivity index (χ2v) is 5.54. The second kappa shape index (κ2) is 7.20. The van der Waals surface area contributed by atoms with Gasteiger partial charge in [0.15, 0.2) is 0 Å². The van der Waals surface area contributed by atoms with Crippen LogP contribution in [0.2, 0.25) is 0 Å². The van der Waals surface area contributed by atoms with Gasteiger partial charge in [0, 0.05) is 25.6 Å². The summed E-state index contributed by atoms with van der Waals surface area (Å²) in [6.07, 6.45) is 3.30. The molecule has 1 heterocycles. The number of amides is 2. The van der Waals surface area contributed by atoms with E-state index in [0.717, 1.165) is 24.7 Å². The van der Waals surface area contributed by atoms with Gasteiger partial charge in [-0.05, 0) is 30.0 Å². The van der Waals surface area contributed by atoms with Gasteiger partial charge >= 0.3 is 0 Å². The predicted molar refractivity (Wildman–Crippen MR) is 83.5 cm³/mol. The van der Waals surface area contributed by atoms with Crippen LogP contribution in [0.25, 0.3) is 0 Å². The van der Waals surface area contributed by atoms with Gasteiger partial charge in [-0.25, -0.2) is 0 Å². The van der Waals surface area contributed by atoms with Gasteiger partial charge in [-0.3, -0.25) is 9.59 Å². The number of hydrogen-bond acceptors (Lipinski definition) is 3. The molecular formula is C17H22N2O3. The molecule has 0 bridgehead atoms. The van der Waals surface area contributed by atoms with Crippen molar-refractivity contribution in [2.75, 3.05) is 7.05 Å². The zero-order valence-corrected chi connectivity index (χ0v) is 13.1. The Morgan fingerprint density at radius 1 is 1.45 bits per heavy atom. The molecule has 22 heavy (non-hydrogen) atoms. The number of rotatable bonds is 7. The minimum Gasteiger partial charge on any atom is -0.359 e. The van der Waals surface area contributed by atoms with Crippen molar-refractivity contribution in [3.63, 3.8) is 0 Å². The lowest BCUT2D eigenvalue weighted by molar-refractivity contribution is -0.121. The highest BCUT2D eigenvalue weighted by Gasteiger charge is 2.33. The van der Waals surface area contributed by atoms with Crippen LogP contribution in [0.15, 0.2) is 18.2 Å². The first-order valence-electron chi connectivity index (χ1n) is 7.70. The third-order valence-corrected chi connectivity index (χ3v) is 4.12. The Hall–Kier alpha value is -2.17. The van der Waals surface area contributed by atoms with Crippen LogP contribution in [-0.4, -0.2) is 36.1 Å². The molecule has 2 amide bonds. The van der Waals surface area contributed by atoms with Crippen molar-refractivity contribution in [3.05, 3.63) is 34.9 Å². The lowest BCUT2D eigenvalue weighted by atomic mass is 10.00. The molecule has 1 N–H and O–H groups in total. The van der Waals surface area contributed by atoms with Crippen LogP contribution >= 0.6 is 0 Å². The van der Waals surface area contributed by atoms with Gasteiger partial charge in [-0.2, -0.15) is 0 Å². The van der Waals surface area contributed by atoms with E-state index in [1.807, 2.05) is 18.2 Å². The second-order valence-electron chi connectivity index (χ2n) is 5.54. The Balaban J connectivity index is 2.17. The number of nitrogens with one attached hydrogen (secondary N) is 1. The van der Waals surface area contributed by atoms with Crippen LogP contribution in [-0.2, 0) is 22.6 Å². The summed E-state index contributed by atoms with van der Waals surface area (Å²) in [7, 11) is 1.56. The fraction of sp³-hybridized carbons (Fsp3) is 0.471. The molecule has 0 aromatic heterocycles. The van der Waals surface area contributed by atoms with Crippen molar-refractivity contribution >= 4 is 18.1 Å². The topological polar surface area (TPSA) is 66.5 Å². The van der Waals surface area contributed by atoms with Crippen LogP contribution in [0.5, 0.6) is 0 Å². The summed E-state index contributed by atoms with van der Waals surface area (Å²) in [5.74, 6) is -0.232. The number of carbonyl (C=O) groups is 3. The molecule has 1 aromatic rings. The molecule has 0 radical (unpaired) electrons. The molecule has 5 nitrogen and oxygen atoms in total. The highest BCUT2D eigenvalue weighted by molar-refractivity contribution is 6.00. The van der Waals surface area contributed by atoms with E-state index in [4.69, 9.17) is 0 Å². The van der Waals surface area contributed by atoms with Crippen molar-refractivity contribution in [1.29, 1.82) is 0 Å². The first kappa shape index (κ1) is 16.2. The quantitative estimate of drug-likeness (QED) is 0.779. The molecule has 0 fully saturated rings. The molecule has 118 valence electrons. The third kappa shape index (κ3) is 3.18. The molecule has 1 aliphatic rings. The van der Waals surface area contributed by atoms with E-state index in [9.17, 15) is 14.4 Å². The monoisotopic (exact) mass is 302 g/mol. The molecule has 1 aromatic carbocycles. The van der Waals surface area contributed by atoms with Gasteiger partial charge in [0.1, 0.15) is 6.29 Å². The minimum absolute atomic E-state index is 0.109. The van der Waals surface area contributed by atoms with Crippen molar-refractivity contribution < 1.29 is 14.4 Å². The van der Waals surface area contributed by atoms with Crippen LogP contribution in [0, 0.1) is 0 Å². The Morgan fingerprint density at radius 3 is 2.86 bits per heavy atom. The van der Waals surface area contributed by atoms with Crippen LogP contribution in [0.3, 0.4) is 0 Å². The molecule has 0 saturated heterocycles. The molecular weight excluding hydrogens is 280 g/mol. The summed E-state index contributed by atoms with van der Waals surface area (Å²) in [5.41, 5.74) is 2.89. The Bertz CT molecular complexity index is 583. The average molecular weight is 302 g/mol. The average Bonchev–Trinajstić information content (AvgIpc) is 2.86. The van der Waals surface area contributed by atoms with Crippen molar-refractivity contribution in [1.82, 2.24) is 10.2 Å². The molecule has 0 saturated carbocycles. The van der Waals surface area contributed by atoms with Gasteiger partial charge in [0.05, 0.1) is 6.04 Å². The van der Waals surface area contributed by atoms with E-state index >= 15 is 0 Å². The van der Waals surface area contributed by atoms with Crippen LogP contribution in [0.4, 0.5) is 0 Å². The molecule has 2 rings (SSSR count). The number of hydrogen-bond donors (Lipinski definition) is 1. The van der Waals surface area contributed by atoms with Crippen molar-refractivity contribution in [3.8, 4) is 0 Å². The van der Waals surface area contributed by atoms with E-state index in [2.05, 4.69) is 12.2 Å². The number of fused-ring (bicyclic) bond motifs is 1. The summed E-state index contributed by atoms with van der Waals surface area (Å²) in [6, 6.07) is 5.20. The third-order valence-electron chi connectivity index (χ3n) is 4.12. The lowest BCUT2D eigenvalue weighted by Crippen LogP contribution is -2.37. The number of aryl methyl sites for hydroxylation is 1. The van der Waals surface area contributed by atoms with Gasteiger partial charge in [0.2, 0.25) is 5.91 Å². The molecule has 5 heteroatoms. The van der Waals surface area contributed by atoms with Gasteiger partial charge in [-0.1, -0.05) is 25.5 Å². The predicted octanol–water partition coefficient (Wildman–Crippen LogP) is 1.69. The van der Waals surface area contributed by atoms with E-state index in [1.54, 1.807) is 11.9 Å². The summed E-state index contributed by atoms with van der Waals surface area (Å²) in [5, 5.41) is 2.53. The standard InChI is InChI=1S/C17H22N2O3/c1-3-5-12-6-4-7-14-15(12)10-19(17(14)22)13(11-20)8-9-16(21)18-2/h4,6-7,11,13H,3,5,8-10H2,1-2H3,(H,18,21).